The number of benzene rings is 1. The zero-order chi connectivity index (χ0) is 13.1. The standard InChI is InChI=1S/C16H21NO2/c18-15(11-17-10-13-1-2-13)5-3-12-4-6-16-14(9-12)7-8-19-16/h4,6,9,13,17H,1-3,5,7-8,10-11H2. The van der Waals surface area contributed by atoms with Crippen molar-refractivity contribution in [2.75, 3.05) is 19.7 Å². The van der Waals surface area contributed by atoms with E-state index >= 15 is 0 Å². The molecule has 1 saturated carbocycles. The van der Waals surface area contributed by atoms with Crippen LogP contribution in [0.4, 0.5) is 0 Å². The molecule has 1 aliphatic heterocycles. The Balaban J connectivity index is 1.42. The Morgan fingerprint density at radius 1 is 1.37 bits per heavy atom. The zero-order valence-electron chi connectivity index (χ0n) is 11.3. The van der Waals surface area contributed by atoms with Gasteiger partial charge in [0, 0.05) is 12.8 Å². The minimum atomic E-state index is 0.317. The van der Waals surface area contributed by atoms with Gasteiger partial charge in [0.25, 0.3) is 0 Å². The molecule has 19 heavy (non-hydrogen) atoms. The van der Waals surface area contributed by atoms with Gasteiger partial charge in [-0.2, -0.15) is 0 Å². The van der Waals surface area contributed by atoms with Gasteiger partial charge < -0.3 is 10.1 Å². The van der Waals surface area contributed by atoms with Gasteiger partial charge in [0.05, 0.1) is 13.2 Å². The third-order valence-electron chi connectivity index (χ3n) is 3.90. The molecule has 3 nitrogen and oxygen atoms in total. The second kappa shape index (κ2) is 5.74. The Bertz CT molecular complexity index is 466. The van der Waals surface area contributed by atoms with Gasteiger partial charge in [-0.15, -0.1) is 0 Å². The van der Waals surface area contributed by atoms with Gasteiger partial charge in [0.15, 0.2) is 0 Å². The van der Waals surface area contributed by atoms with Crippen molar-refractivity contribution in [3.63, 3.8) is 0 Å². The summed E-state index contributed by atoms with van der Waals surface area (Å²) in [5.41, 5.74) is 2.54. The average Bonchev–Trinajstić information content (AvgIpc) is 3.12. The van der Waals surface area contributed by atoms with E-state index in [4.69, 9.17) is 4.74 Å². The van der Waals surface area contributed by atoms with E-state index in [0.717, 1.165) is 37.7 Å². The molecular formula is C16H21NO2. The van der Waals surface area contributed by atoms with Crippen LogP contribution in [0.5, 0.6) is 5.75 Å². The second-order valence-corrected chi connectivity index (χ2v) is 5.65. The number of hydrogen-bond acceptors (Lipinski definition) is 3. The molecule has 3 rings (SSSR count). The minimum Gasteiger partial charge on any atom is -0.493 e. The Hall–Kier alpha value is -1.35. The molecular weight excluding hydrogens is 238 g/mol. The van der Waals surface area contributed by atoms with Gasteiger partial charge >= 0.3 is 0 Å². The Morgan fingerprint density at radius 2 is 2.26 bits per heavy atom. The summed E-state index contributed by atoms with van der Waals surface area (Å²) in [6.07, 6.45) is 5.14. The van der Waals surface area contributed by atoms with Crippen LogP contribution in [0.2, 0.25) is 0 Å². The molecule has 0 aromatic heterocycles. The highest BCUT2D eigenvalue weighted by Gasteiger charge is 2.20. The van der Waals surface area contributed by atoms with Crippen molar-refractivity contribution >= 4 is 5.78 Å². The molecule has 0 unspecified atom stereocenters. The fourth-order valence-electron chi connectivity index (χ4n) is 2.51. The van der Waals surface area contributed by atoms with E-state index in [0.29, 0.717) is 18.7 Å². The molecule has 1 heterocycles. The number of fused-ring (bicyclic) bond motifs is 1. The highest BCUT2D eigenvalue weighted by atomic mass is 16.5. The van der Waals surface area contributed by atoms with Crippen LogP contribution in [0, 0.1) is 5.92 Å². The maximum Gasteiger partial charge on any atom is 0.146 e. The monoisotopic (exact) mass is 259 g/mol. The van der Waals surface area contributed by atoms with E-state index in [1.807, 2.05) is 6.07 Å². The van der Waals surface area contributed by atoms with Crippen molar-refractivity contribution in [2.45, 2.75) is 32.1 Å². The SMILES string of the molecule is O=C(CCc1ccc2c(c1)CCO2)CNCC1CC1. The average molecular weight is 259 g/mol. The molecule has 1 N–H and O–H groups in total. The first-order chi connectivity index (χ1) is 9.31. The predicted molar refractivity (Wildman–Crippen MR) is 74.6 cm³/mol. The third kappa shape index (κ3) is 3.57. The summed E-state index contributed by atoms with van der Waals surface area (Å²) in [5, 5.41) is 3.26. The van der Waals surface area contributed by atoms with Gasteiger partial charge in [-0.25, -0.2) is 0 Å². The van der Waals surface area contributed by atoms with Crippen LogP contribution in [0.1, 0.15) is 30.4 Å². The fourth-order valence-corrected chi connectivity index (χ4v) is 2.51. The summed E-state index contributed by atoms with van der Waals surface area (Å²) >= 11 is 0. The zero-order valence-corrected chi connectivity index (χ0v) is 11.3. The Kier molecular flexibility index (Phi) is 3.83. The van der Waals surface area contributed by atoms with Gasteiger partial charge in [-0.05, 0) is 48.9 Å². The summed E-state index contributed by atoms with van der Waals surface area (Å²) < 4.78 is 5.48. The van der Waals surface area contributed by atoms with E-state index in [-0.39, 0.29) is 0 Å². The Labute approximate surface area is 114 Å². The lowest BCUT2D eigenvalue weighted by Gasteiger charge is -2.05. The number of nitrogens with one attached hydrogen (secondary N) is 1. The molecule has 1 aliphatic carbocycles. The summed E-state index contributed by atoms with van der Waals surface area (Å²) in [5.74, 6) is 2.17. The van der Waals surface area contributed by atoms with Crippen molar-refractivity contribution in [1.29, 1.82) is 0 Å². The molecule has 0 bridgehead atoms. The van der Waals surface area contributed by atoms with Crippen molar-refractivity contribution in [1.82, 2.24) is 5.32 Å². The highest BCUT2D eigenvalue weighted by Crippen LogP contribution is 2.27. The second-order valence-electron chi connectivity index (χ2n) is 5.65. The van der Waals surface area contributed by atoms with Crippen molar-refractivity contribution in [3.05, 3.63) is 29.3 Å². The third-order valence-corrected chi connectivity index (χ3v) is 3.90. The topological polar surface area (TPSA) is 38.3 Å². The normalized spacial score (nSPS) is 17.1. The smallest absolute Gasteiger partial charge is 0.146 e. The van der Waals surface area contributed by atoms with Crippen LogP contribution in [-0.2, 0) is 17.6 Å². The summed E-state index contributed by atoms with van der Waals surface area (Å²) in [7, 11) is 0. The predicted octanol–water partition coefficient (Wildman–Crippen LogP) is 2.12. The number of aryl methyl sites for hydroxylation is 1. The van der Waals surface area contributed by atoms with E-state index < -0.39 is 0 Å². The molecule has 3 heteroatoms. The molecule has 0 spiro atoms. The van der Waals surface area contributed by atoms with Crippen LogP contribution >= 0.6 is 0 Å². The number of carbonyl (C=O) groups excluding carboxylic acids is 1. The lowest BCUT2D eigenvalue weighted by Crippen LogP contribution is -2.25. The van der Waals surface area contributed by atoms with E-state index in [1.165, 1.54) is 24.0 Å². The number of Topliss-reactive ketones (excluding diaryl/α,β-unsaturated/α-hetero) is 1. The Morgan fingerprint density at radius 3 is 3.11 bits per heavy atom. The quantitative estimate of drug-likeness (QED) is 0.815. The van der Waals surface area contributed by atoms with Crippen LogP contribution in [-0.4, -0.2) is 25.5 Å². The van der Waals surface area contributed by atoms with E-state index in [9.17, 15) is 4.79 Å². The van der Waals surface area contributed by atoms with Gasteiger partial charge in [0.1, 0.15) is 11.5 Å². The first-order valence-electron chi connectivity index (χ1n) is 7.28. The molecule has 0 radical (unpaired) electrons. The molecule has 0 amide bonds. The summed E-state index contributed by atoms with van der Waals surface area (Å²) in [6, 6.07) is 6.30. The van der Waals surface area contributed by atoms with E-state index in [1.54, 1.807) is 0 Å². The lowest BCUT2D eigenvalue weighted by molar-refractivity contribution is -0.118. The van der Waals surface area contributed by atoms with Crippen LogP contribution < -0.4 is 10.1 Å². The van der Waals surface area contributed by atoms with Crippen LogP contribution in [0.15, 0.2) is 18.2 Å². The molecule has 0 atom stereocenters. The number of ketones is 1. The first kappa shape index (κ1) is 12.7. The highest BCUT2D eigenvalue weighted by molar-refractivity contribution is 5.80. The number of rotatable bonds is 7. The van der Waals surface area contributed by atoms with E-state index in [2.05, 4.69) is 17.4 Å². The van der Waals surface area contributed by atoms with Crippen molar-refractivity contribution in [2.24, 2.45) is 5.92 Å². The fraction of sp³-hybridized carbons (Fsp3) is 0.562. The maximum atomic E-state index is 11.8. The number of ether oxygens (including phenoxy) is 1. The van der Waals surface area contributed by atoms with Gasteiger partial charge in [-0.1, -0.05) is 12.1 Å². The first-order valence-corrected chi connectivity index (χ1v) is 7.28. The number of hydrogen-bond donors (Lipinski definition) is 1. The van der Waals surface area contributed by atoms with Crippen LogP contribution in [0.25, 0.3) is 0 Å². The maximum absolute atomic E-state index is 11.8. The molecule has 2 aliphatic rings. The largest absolute Gasteiger partial charge is 0.493 e. The molecule has 1 fully saturated rings. The van der Waals surface area contributed by atoms with Crippen molar-refractivity contribution < 1.29 is 9.53 Å². The van der Waals surface area contributed by atoms with Crippen molar-refractivity contribution in [3.8, 4) is 5.75 Å². The van der Waals surface area contributed by atoms with Gasteiger partial charge in [-0.3, -0.25) is 4.79 Å². The van der Waals surface area contributed by atoms with Crippen LogP contribution in [0.3, 0.4) is 0 Å². The summed E-state index contributed by atoms with van der Waals surface area (Å²) in [4.78, 5) is 11.8. The molecule has 1 aromatic carbocycles. The lowest BCUT2D eigenvalue weighted by atomic mass is 10.0. The molecule has 1 aromatic rings. The summed E-state index contributed by atoms with van der Waals surface area (Å²) in [6.45, 7) is 2.34. The van der Waals surface area contributed by atoms with Gasteiger partial charge in [0.2, 0.25) is 0 Å². The molecule has 102 valence electrons. The minimum absolute atomic E-state index is 0.317. The number of carbonyl (C=O) groups is 1. The molecule has 0 saturated heterocycles.